The van der Waals surface area contributed by atoms with Crippen LogP contribution in [0.1, 0.15) is 34.5 Å². The van der Waals surface area contributed by atoms with Gasteiger partial charge >= 0.3 is 6.18 Å². The number of aromatic nitrogens is 3. The summed E-state index contributed by atoms with van der Waals surface area (Å²) in [6.45, 7) is 1.86. The van der Waals surface area contributed by atoms with Crippen LogP contribution in [0.15, 0.2) is 36.5 Å². The Morgan fingerprint density at radius 3 is 2.74 bits per heavy atom. The molecule has 0 aliphatic carbocycles. The number of ether oxygens (including phenoxy) is 1. The van der Waals surface area contributed by atoms with Gasteiger partial charge in [0.2, 0.25) is 0 Å². The van der Waals surface area contributed by atoms with E-state index in [4.69, 9.17) is 10.5 Å². The van der Waals surface area contributed by atoms with E-state index in [1.54, 1.807) is 24.9 Å². The highest BCUT2D eigenvalue weighted by atomic mass is 19.4. The van der Waals surface area contributed by atoms with Crippen molar-refractivity contribution in [1.29, 1.82) is 0 Å². The number of benzene rings is 2. The van der Waals surface area contributed by atoms with Crippen molar-refractivity contribution >= 4 is 33.5 Å². The highest BCUT2D eigenvalue weighted by Crippen LogP contribution is 2.41. The summed E-state index contributed by atoms with van der Waals surface area (Å²) < 4.78 is 61.3. The minimum atomic E-state index is -4.51. The maximum absolute atomic E-state index is 15.1. The molecule has 0 fully saturated rings. The quantitative estimate of drug-likeness (QED) is 0.444. The Balaban J connectivity index is 1.57. The molecule has 2 aromatic carbocycles. The third-order valence-corrected chi connectivity index (χ3v) is 6.10. The molecule has 2 aromatic heterocycles. The zero-order chi connectivity index (χ0) is 24.4. The Morgan fingerprint density at radius 2 is 2.03 bits per heavy atom. The van der Waals surface area contributed by atoms with E-state index in [9.17, 15) is 18.0 Å². The lowest BCUT2D eigenvalue weighted by Crippen LogP contribution is -2.36. The first-order valence-corrected chi connectivity index (χ1v) is 10.5. The SMILES string of the molecule is CCN(C(=O)c1cc2c(cc1F)nc(N)c1cnn(C)c12)[C@@H]1COc2cc(C(F)(F)F)ccc21. The first-order valence-electron chi connectivity index (χ1n) is 10.5. The van der Waals surface area contributed by atoms with Gasteiger partial charge in [0, 0.05) is 30.6 Å². The van der Waals surface area contributed by atoms with E-state index >= 15 is 4.39 Å². The molecule has 0 saturated carbocycles. The highest BCUT2D eigenvalue weighted by molar-refractivity contribution is 6.10. The van der Waals surface area contributed by atoms with Crippen LogP contribution in [0.3, 0.4) is 0 Å². The number of amides is 1. The first-order chi connectivity index (χ1) is 16.1. The summed E-state index contributed by atoms with van der Waals surface area (Å²) in [5.41, 5.74) is 6.26. The summed E-state index contributed by atoms with van der Waals surface area (Å²) in [5.74, 6) is -1.14. The van der Waals surface area contributed by atoms with Crippen molar-refractivity contribution in [1.82, 2.24) is 19.7 Å². The minimum absolute atomic E-state index is 0.0323. The fourth-order valence-corrected chi connectivity index (χ4v) is 4.43. The van der Waals surface area contributed by atoms with E-state index in [1.807, 2.05) is 0 Å². The number of carbonyl (C=O) groups is 1. The number of rotatable bonds is 3. The molecule has 1 aliphatic rings. The van der Waals surface area contributed by atoms with Gasteiger partial charge in [0.05, 0.1) is 39.8 Å². The number of aryl methyl sites for hydroxylation is 1. The van der Waals surface area contributed by atoms with Gasteiger partial charge in [-0.3, -0.25) is 9.48 Å². The summed E-state index contributed by atoms with van der Waals surface area (Å²) in [7, 11) is 1.70. The molecular formula is C23H19F4N5O2. The summed E-state index contributed by atoms with van der Waals surface area (Å²) in [5, 5.41) is 5.26. The second kappa shape index (κ2) is 7.57. The molecule has 176 valence electrons. The van der Waals surface area contributed by atoms with E-state index in [0.29, 0.717) is 21.9 Å². The number of anilines is 1. The van der Waals surface area contributed by atoms with Crippen LogP contribution in [0.4, 0.5) is 23.4 Å². The van der Waals surface area contributed by atoms with Crippen LogP contribution in [0.5, 0.6) is 5.75 Å². The van der Waals surface area contributed by atoms with Gasteiger partial charge in [0.1, 0.15) is 24.0 Å². The summed E-state index contributed by atoms with van der Waals surface area (Å²) in [4.78, 5) is 19.1. The molecule has 7 nitrogen and oxygen atoms in total. The summed E-state index contributed by atoms with van der Waals surface area (Å²) in [6.07, 6.45) is -2.97. The molecule has 0 bridgehead atoms. The number of nitrogen functional groups attached to an aromatic ring is 1. The number of alkyl halides is 3. The Bertz CT molecular complexity index is 1460. The maximum Gasteiger partial charge on any atom is 0.416 e. The normalized spacial score (nSPS) is 15.5. The molecule has 3 heterocycles. The Hall–Kier alpha value is -3.89. The Kier molecular flexibility index (Phi) is 4.88. The van der Waals surface area contributed by atoms with Crippen molar-refractivity contribution in [2.45, 2.75) is 19.1 Å². The minimum Gasteiger partial charge on any atom is -0.491 e. The van der Waals surface area contributed by atoms with Gasteiger partial charge in [-0.2, -0.15) is 18.3 Å². The molecule has 1 atom stereocenters. The topological polar surface area (TPSA) is 86.3 Å². The van der Waals surface area contributed by atoms with Crippen LogP contribution in [0.2, 0.25) is 0 Å². The zero-order valence-corrected chi connectivity index (χ0v) is 18.2. The maximum atomic E-state index is 15.1. The van der Waals surface area contributed by atoms with Gasteiger partial charge in [-0.25, -0.2) is 9.37 Å². The number of halogens is 4. The molecule has 0 radical (unpaired) electrons. The van der Waals surface area contributed by atoms with Crippen molar-refractivity contribution in [2.24, 2.45) is 7.05 Å². The summed E-state index contributed by atoms with van der Waals surface area (Å²) >= 11 is 0. The number of fused-ring (bicyclic) bond motifs is 4. The third-order valence-electron chi connectivity index (χ3n) is 6.10. The van der Waals surface area contributed by atoms with Crippen molar-refractivity contribution in [3.8, 4) is 5.75 Å². The van der Waals surface area contributed by atoms with E-state index in [1.165, 1.54) is 17.0 Å². The van der Waals surface area contributed by atoms with Gasteiger partial charge < -0.3 is 15.4 Å². The number of hydrogen-bond acceptors (Lipinski definition) is 5. The van der Waals surface area contributed by atoms with E-state index < -0.39 is 29.5 Å². The van der Waals surface area contributed by atoms with E-state index in [-0.39, 0.29) is 35.8 Å². The molecule has 0 unspecified atom stereocenters. The Morgan fingerprint density at radius 1 is 1.26 bits per heavy atom. The van der Waals surface area contributed by atoms with E-state index in [2.05, 4.69) is 10.1 Å². The number of pyridine rings is 1. The molecule has 5 rings (SSSR count). The first kappa shape index (κ1) is 21.9. The van der Waals surface area contributed by atoms with Crippen molar-refractivity contribution < 1.29 is 27.1 Å². The molecule has 0 saturated heterocycles. The zero-order valence-electron chi connectivity index (χ0n) is 18.2. The smallest absolute Gasteiger partial charge is 0.416 e. The van der Waals surface area contributed by atoms with Gasteiger partial charge in [0.25, 0.3) is 5.91 Å². The van der Waals surface area contributed by atoms with Crippen molar-refractivity contribution in [3.05, 3.63) is 59.0 Å². The fourth-order valence-electron chi connectivity index (χ4n) is 4.43. The third kappa shape index (κ3) is 3.30. The largest absolute Gasteiger partial charge is 0.491 e. The van der Waals surface area contributed by atoms with Gasteiger partial charge in [0.15, 0.2) is 0 Å². The van der Waals surface area contributed by atoms with Crippen LogP contribution in [0, 0.1) is 5.82 Å². The number of nitrogens with two attached hydrogens (primary N) is 1. The van der Waals surface area contributed by atoms with Crippen LogP contribution in [-0.4, -0.2) is 38.7 Å². The lowest BCUT2D eigenvalue weighted by Gasteiger charge is -2.27. The predicted molar refractivity (Wildman–Crippen MR) is 117 cm³/mol. The number of carbonyl (C=O) groups excluding carboxylic acids is 1. The molecule has 1 aliphatic heterocycles. The lowest BCUT2D eigenvalue weighted by molar-refractivity contribution is -0.137. The van der Waals surface area contributed by atoms with E-state index in [0.717, 1.165) is 18.2 Å². The predicted octanol–water partition coefficient (Wildman–Crippen LogP) is 4.46. The van der Waals surface area contributed by atoms with Crippen LogP contribution in [0.25, 0.3) is 21.8 Å². The van der Waals surface area contributed by atoms with Gasteiger partial charge in [-0.15, -0.1) is 0 Å². The number of hydrogen-bond donors (Lipinski definition) is 1. The number of likely N-dealkylation sites (N-methyl/N-ethyl adjacent to an activating group) is 1. The monoisotopic (exact) mass is 473 g/mol. The molecule has 0 spiro atoms. The van der Waals surface area contributed by atoms with Crippen LogP contribution in [-0.2, 0) is 13.2 Å². The van der Waals surface area contributed by atoms with Crippen molar-refractivity contribution in [3.63, 3.8) is 0 Å². The van der Waals surface area contributed by atoms with Crippen molar-refractivity contribution in [2.75, 3.05) is 18.9 Å². The van der Waals surface area contributed by atoms with Gasteiger partial charge in [-0.1, -0.05) is 6.07 Å². The molecular weight excluding hydrogens is 454 g/mol. The molecule has 11 heteroatoms. The highest BCUT2D eigenvalue weighted by Gasteiger charge is 2.37. The molecule has 1 amide bonds. The Labute approximate surface area is 190 Å². The number of nitrogens with zero attached hydrogens (tertiary/aromatic N) is 4. The lowest BCUT2D eigenvalue weighted by atomic mass is 10.0. The second-order valence-corrected chi connectivity index (χ2v) is 8.05. The van der Waals surface area contributed by atoms with Gasteiger partial charge in [-0.05, 0) is 25.1 Å². The fraction of sp³-hybridized carbons (Fsp3) is 0.261. The standard InChI is InChI=1S/C23H19F4N5O2/c1-3-32(18-10-34-19-6-11(23(25,26)27)4-5-12(18)19)22(33)13-7-14-17(8-16(13)24)30-21(28)15-9-29-31(2)20(14)15/h4-9,18H,3,10H2,1-2H3,(H2,28,30)/t18-/m1/s1. The van der Waals surface area contributed by atoms with Crippen LogP contribution < -0.4 is 10.5 Å². The average Bonchev–Trinajstić information content (AvgIpc) is 3.37. The molecule has 34 heavy (non-hydrogen) atoms. The second-order valence-electron chi connectivity index (χ2n) is 8.05. The molecule has 2 N–H and O–H groups in total. The average molecular weight is 473 g/mol. The molecule has 4 aromatic rings. The summed E-state index contributed by atoms with van der Waals surface area (Å²) in [6, 6.07) is 5.06. The van der Waals surface area contributed by atoms with Crippen LogP contribution >= 0.6 is 0 Å².